The quantitative estimate of drug-likeness (QED) is 0.182. The zero-order valence-electron chi connectivity index (χ0n) is 18.8. The molecule has 4 rings (SSSR count). The van der Waals surface area contributed by atoms with E-state index < -0.39 is 88.4 Å². The first-order valence-corrected chi connectivity index (χ1v) is 10.9. The van der Waals surface area contributed by atoms with Gasteiger partial charge >= 0.3 is 5.97 Å². The Morgan fingerprint density at radius 3 is 2.46 bits per heavy atom. The number of ether oxygens (including phenoxy) is 1. The molecule has 0 bridgehead atoms. The van der Waals surface area contributed by atoms with Gasteiger partial charge in [-0.2, -0.15) is 0 Å². The smallest absolute Gasteiger partial charge is 0.330 e. The summed E-state index contributed by atoms with van der Waals surface area (Å²) in [7, 11) is 1.17. The van der Waals surface area contributed by atoms with Gasteiger partial charge in [0.05, 0.1) is 24.9 Å². The number of hydrogen-bond donors (Lipinski definition) is 6. The van der Waals surface area contributed by atoms with Crippen molar-refractivity contribution in [2.24, 2.45) is 23.5 Å². The molecule has 0 aliphatic heterocycles. The van der Waals surface area contributed by atoms with Crippen LogP contribution in [0.3, 0.4) is 0 Å². The highest BCUT2D eigenvalue weighted by Gasteiger charge is 2.66. The monoisotopic (exact) mass is 487 g/mol. The second-order valence-corrected chi connectivity index (χ2v) is 9.14. The third-order valence-electron chi connectivity index (χ3n) is 7.45. The summed E-state index contributed by atoms with van der Waals surface area (Å²) in [5.41, 5.74) is 2.10. The summed E-state index contributed by atoms with van der Waals surface area (Å²) in [4.78, 5) is 49.8. The van der Waals surface area contributed by atoms with Crippen LogP contribution in [0.5, 0.6) is 5.75 Å². The highest BCUT2D eigenvalue weighted by atomic mass is 16.5. The summed E-state index contributed by atoms with van der Waals surface area (Å²) < 4.78 is 4.51. The fraction of sp³-hybridized carbons (Fsp3) is 0.417. The SMILES string of the molecule is COC(=O)/C=C/c1ccc2c(c1O)C(=O)C1=C(O)[C@]3(O)C(=O)C(C(N)=O)C(O)C[C@@H]3[C@@H](O)[C@@H]1[C@H]2C. The van der Waals surface area contributed by atoms with Crippen LogP contribution in [0.25, 0.3) is 6.08 Å². The summed E-state index contributed by atoms with van der Waals surface area (Å²) >= 11 is 0. The number of amides is 1. The molecule has 11 heteroatoms. The lowest BCUT2D eigenvalue weighted by Crippen LogP contribution is -2.67. The molecule has 11 nitrogen and oxygen atoms in total. The number of nitrogens with two attached hydrogens (primary N) is 1. The molecule has 0 heterocycles. The molecule has 0 aromatic heterocycles. The van der Waals surface area contributed by atoms with E-state index in [0.29, 0.717) is 5.56 Å². The van der Waals surface area contributed by atoms with Gasteiger partial charge in [0.2, 0.25) is 5.91 Å². The van der Waals surface area contributed by atoms with E-state index in [1.54, 1.807) is 6.92 Å². The number of primary amides is 1. The third kappa shape index (κ3) is 3.30. The molecule has 1 aromatic carbocycles. The summed E-state index contributed by atoms with van der Waals surface area (Å²) in [5.74, 6) is -10.8. The summed E-state index contributed by atoms with van der Waals surface area (Å²) in [6.45, 7) is 1.63. The van der Waals surface area contributed by atoms with Gasteiger partial charge in [-0.25, -0.2) is 4.79 Å². The number of rotatable bonds is 3. The van der Waals surface area contributed by atoms with Crippen molar-refractivity contribution in [3.63, 3.8) is 0 Å². The van der Waals surface area contributed by atoms with Gasteiger partial charge in [0.1, 0.15) is 17.4 Å². The van der Waals surface area contributed by atoms with Crippen molar-refractivity contribution < 1.29 is 49.4 Å². The Bertz CT molecular complexity index is 1220. The normalized spacial score (nSPS) is 34.3. The summed E-state index contributed by atoms with van der Waals surface area (Å²) in [5, 5.41) is 54.8. The number of carbonyl (C=O) groups is 4. The van der Waals surface area contributed by atoms with Crippen LogP contribution in [0.4, 0.5) is 0 Å². The number of aliphatic hydroxyl groups excluding tert-OH is 3. The van der Waals surface area contributed by atoms with Gasteiger partial charge in [0, 0.05) is 29.0 Å². The van der Waals surface area contributed by atoms with E-state index >= 15 is 0 Å². The predicted octanol–water partition coefficient (Wildman–Crippen LogP) is -0.536. The zero-order valence-corrected chi connectivity index (χ0v) is 18.8. The zero-order chi connectivity index (χ0) is 26.0. The topological polar surface area (TPSA) is 205 Å². The summed E-state index contributed by atoms with van der Waals surface area (Å²) in [6.07, 6.45) is -1.33. The van der Waals surface area contributed by atoms with Crippen molar-refractivity contribution in [3.05, 3.63) is 46.2 Å². The van der Waals surface area contributed by atoms with E-state index in [2.05, 4.69) is 4.74 Å². The number of phenolic OH excluding ortho intramolecular Hbond substituents is 1. The summed E-state index contributed by atoms with van der Waals surface area (Å²) in [6, 6.07) is 2.99. The molecular weight excluding hydrogens is 462 g/mol. The number of Topliss-reactive ketones (excluding diaryl/α,β-unsaturated/α-hetero) is 2. The highest BCUT2D eigenvalue weighted by molar-refractivity contribution is 6.16. The number of carbonyl (C=O) groups excluding carboxylic acids is 4. The Labute approximate surface area is 199 Å². The van der Waals surface area contributed by atoms with E-state index in [1.807, 2.05) is 0 Å². The molecule has 1 fully saturated rings. The maximum atomic E-state index is 13.6. The van der Waals surface area contributed by atoms with Crippen LogP contribution in [0, 0.1) is 17.8 Å². The molecule has 35 heavy (non-hydrogen) atoms. The van der Waals surface area contributed by atoms with Gasteiger partial charge in [0.15, 0.2) is 17.2 Å². The molecule has 0 saturated heterocycles. The maximum Gasteiger partial charge on any atom is 0.330 e. The van der Waals surface area contributed by atoms with E-state index in [0.717, 1.165) is 6.08 Å². The maximum absolute atomic E-state index is 13.6. The molecule has 3 aliphatic rings. The van der Waals surface area contributed by atoms with Crippen LogP contribution >= 0.6 is 0 Å². The lowest BCUT2D eigenvalue weighted by Gasteiger charge is -2.52. The number of fused-ring (bicyclic) bond motifs is 3. The second-order valence-electron chi connectivity index (χ2n) is 9.14. The fourth-order valence-electron chi connectivity index (χ4n) is 5.68. The van der Waals surface area contributed by atoms with Crippen molar-refractivity contribution in [2.75, 3.05) is 7.11 Å². The van der Waals surface area contributed by atoms with Crippen molar-refractivity contribution in [3.8, 4) is 5.75 Å². The van der Waals surface area contributed by atoms with Crippen LogP contribution < -0.4 is 5.73 Å². The Morgan fingerprint density at radius 1 is 1.20 bits per heavy atom. The fourth-order valence-corrected chi connectivity index (χ4v) is 5.68. The van der Waals surface area contributed by atoms with E-state index in [-0.39, 0.29) is 11.1 Å². The average molecular weight is 487 g/mol. The molecule has 0 spiro atoms. The molecule has 1 amide bonds. The van der Waals surface area contributed by atoms with Crippen molar-refractivity contribution in [2.45, 2.75) is 37.1 Å². The van der Waals surface area contributed by atoms with Crippen LogP contribution in [0.2, 0.25) is 0 Å². The Morgan fingerprint density at radius 2 is 1.86 bits per heavy atom. The van der Waals surface area contributed by atoms with Crippen LogP contribution in [0.1, 0.15) is 40.7 Å². The minimum atomic E-state index is -2.84. The largest absolute Gasteiger partial charge is 0.508 e. The molecule has 186 valence electrons. The molecule has 3 aliphatic carbocycles. The average Bonchev–Trinajstić information content (AvgIpc) is 2.80. The highest BCUT2D eigenvalue weighted by Crippen LogP contribution is 2.55. The molecule has 7 N–H and O–H groups in total. The van der Waals surface area contributed by atoms with Gasteiger partial charge in [-0.05, 0) is 24.0 Å². The molecule has 1 aromatic rings. The number of esters is 1. The van der Waals surface area contributed by atoms with Crippen molar-refractivity contribution in [1.29, 1.82) is 0 Å². The Balaban J connectivity index is 1.91. The van der Waals surface area contributed by atoms with Gasteiger partial charge < -0.3 is 36.0 Å². The number of methoxy groups -OCH3 is 1. The first kappa shape index (κ1) is 24.6. The molecule has 2 unspecified atom stereocenters. The minimum absolute atomic E-state index is 0.0897. The van der Waals surface area contributed by atoms with Crippen LogP contribution in [-0.2, 0) is 19.1 Å². The van der Waals surface area contributed by atoms with Crippen LogP contribution in [-0.4, -0.2) is 73.9 Å². The van der Waals surface area contributed by atoms with E-state index in [4.69, 9.17) is 5.73 Å². The number of hydrogen-bond acceptors (Lipinski definition) is 10. The number of benzene rings is 1. The van der Waals surface area contributed by atoms with Gasteiger partial charge in [-0.3, -0.25) is 14.4 Å². The van der Waals surface area contributed by atoms with Gasteiger partial charge in [0.25, 0.3) is 0 Å². The van der Waals surface area contributed by atoms with Crippen molar-refractivity contribution >= 4 is 29.5 Å². The minimum Gasteiger partial charge on any atom is -0.508 e. The molecule has 7 atom stereocenters. The van der Waals surface area contributed by atoms with Gasteiger partial charge in [-0.15, -0.1) is 0 Å². The van der Waals surface area contributed by atoms with Gasteiger partial charge in [-0.1, -0.05) is 19.1 Å². The third-order valence-corrected chi connectivity index (χ3v) is 7.45. The van der Waals surface area contributed by atoms with E-state index in [1.165, 1.54) is 25.3 Å². The lowest BCUT2D eigenvalue weighted by atomic mass is 9.54. The number of ketones is 2. The molecule has 1 saturated carbocycles. The first-order valence-electron chi connectivity index (χ1n) is 10.9. The van der Waals surface area contributed by atoms with Crippen molar-refractivity contribution in [1.82, 2.24) is 0 Å². The molecule has 0 radical (unpaired) electrons. The first-order chi connectivity index (χ1) is 16.4. The number of aliphatic hydroxyl groups is 4. The Hall–Kier alpha value is -3.54. The van der Waals surface area contributed by atoms with E-state index in [9.17, 15) is 44.7 Å². The number of phenols is 1. The van der Waals surface area contributed by atoms with Crippen LogP contribution in [0.15, 0.2) is 29.5 Å². The standard InChI is InChI=1S/C24H25NO10/c1-8-10-5-3-9(4-6-13(27)35-2)18(28)15(10)20(30)17-14(8)19(29)11-7-12(26)16(23(25)33)21(31)24(11,34)22(17)32/h3-6,8,11-12,14,16,19,26,28-29,32,34H,7H2,1-2H3,(H2,25,33)/b6-4+/t8-,11+,12?,14+,16?,19+,24+/m0/s1. The molecular formula is C24H25NO10. The number of aromatic hydroxyl groups is 1. The predicted molar refractivity (Wildman–Crippen MR) is 118 cm³/mol. The second kappa shape index (κ2) is 8.29. The Kier molecular flexibility index (Phi) is 5.82. The lowest BCUT2D eigenvalue weighted by molar-refractivity contribution is -0.179.